The number of ether oxygens (including phenoxy) is 3. The van der Waals surface area contributed by atoms with Crippen LogP contribution in [0.15, 0.2) is 96.1 Å². The fourth-order valence-corrected chi connectivity index (χ4v) is 6.32. The molecule has 0 fully saturated rings. The van der Waals surface area contributed by atoms with Crippen LogP contribution in [0.4, 0.5) is 0 Å². The molecule has 0 saturated heterocycles. The zero-order valence-electron chi connectivity index (χ0n) is 33.3. The van der Waals surface area contributed by atoms with E-state index >= 15 is 0 Å². The van der Waals surface area contributed by atoms with Gasteiger partial charge in [0.05, 0.1) is 28.9 Å². The number of hydrogen-bond acceptors (Lipinski definition) is 9. The smallest absolute Gasteiger partial charge is 0.338 e. The molecule has 11 nitrogen and oxygen atoms in total. The number of carbonyl (C=O) groups is 5. The fourth-order valence-electron chi connectivity index (χ4n) is 6.32. The summed E-state index contributed by atoms with van der Waals surface area (Å²) >= 11 is 0. The van der Waals surface area contributed by atoms with Crippen molar-refractivity contribution in [3.8, 4) is 0 Å². The number of aliphatic hydroxyl groups is 1. The third-order valence-corrected chi connectivity index (χ3v) is 10.6. The highest BCUT2D eigenvalue weighted by Crippen LogP contribution is 2.27. The van der Waals surface area contributed by atoms with Gasteiger partial charge >= 0.3 is 17.9 Å². The van der Waals surface area contributed by atoms with Crippen molar-refractivity contribution < 1.29 is 43.3 Å². The number of nitrogens with one attached hydrogen (secondary N) is 1. The summed E-state index contributed by atoms with van der Waals surface area (Å²) in [6.45, 7) is 12.4. The van der Waals surface area contributed by atoms with Crippen LogP contribution in [0.3, 0.4) is 0 Å². The second-order valence-corrected chi connectivity index (χ2v) is 14.1. The molecule has 1 aliphatic heterocycles. The zero-order chi connectivity index (χ0) is 40.9. The van der Waals surface area contributed by atoms with Gasteiger partial charge in [-0.3, -0.25) is 9.59 Å². The number of benzene rings is 3. The van der Waals surface area contributed by atoms with Crippen molar-refractivity contribution >= 4 is 29.7 Å². The van der Waals surface area contributed by atoms with Crippen molar-refractivity contribution in [1.82, 2.24) is 10.2 Å². The van der Waals surface area contributed by atoms with Gasteiger partial charge in [-0.1, -0.05) is 64.1 Å². The lowest BCUT2D eigenvalue weighted by Gasteiger charge is -2.31. The van der Waals surface area contributed by atoms with Crippen molar-refractivity contribution in [2.75, 3.05) is 19.8 Å². The molecular weight excluding hydrogens is 713 g/mol. The lowest BCUT2D eigenvalue weighted by Crippen LogP contribution is -2.35. The summed E-state index contributed by atoms with van der Waals surface area (Å²) in [4.78, 5) is 66.0. The Bertz CT molecular complexity index is 1920. The van der Waals surface area contributed by atoms with Gasteiger partial charge in [-0.2, -0.15) is 0 Å². The average Bonchev–Trinajstić information content (AvgIpc) is 3.48. The molecular formula is C45H54N2O9. The third kappa shape index (κ3) is 11.3. The number of allylic oxidation sites excluding steroid dienone is 1. The first-order chi connectivity index (χ1) is 26.8. The molecule has 0 atom stereocenters. The topological polar surface area (TPSA) is 149 Å². The second-order valence-electron chi connectivity index (χ2n) is 14.1. The van der Waals surface area contributed by atoms with E-state index in [-0.39, 0.29) is 54.7 Å². The van der Waals surface area contributed by atoms with Gasteiger partial charge in [0.15, 0.2) is 0 Å². The van der Waals surface area contributed by atoms with Crippen molar-refractivity contribution in [3.05, 3.63) is 129 Å². The Balaban J connectivity index is 1.24. The lowest BCUT2D eigenvalue weighted by molar-refractivity contribution is -0.125. The Kier molecular flexibility index (Phi) is 15.3. The molecule has 3 aromatic carbocycles. The van der Waals surface area contributed by atoms with Gasteiger partial charge in [-0.05, 0) is 105 Å². The minimum absolute atomic E-state index is 0.000726. The van der Waals surface area contributed by atoms with Gasteiger partial charge in [0, 0.05) is 37.2 Å². The SMILES string of the molecule is CC=CC1=C(C)C(=O)N(Cc2cccc(CNC(=O)c3ccc(C(=O)OCCC(CC)(CC)OC(=O)c4ccc(C(=O)OCC(O)(CC)CC)cc4)cc3)c2)C1. The molecule has 3 aromatic rings. The first kappa shape index (κ1) is 43.2. The van der Waals surface area contributed by atoms with Crippen LogP contribution in [0.2, 0.25) is 0 Å². The van der Waals surface area contributed by atoms with E-state index in [0.717, 1.165) is 22.3 Å². The molecule has 0 radical (unpaired) electrons. The van der Waals surface area contributed by atoms with Gasteiger partial charge in [0.25, 0.3) is 5.91 Å². The molecule has 0 aliphatic carbocycles. The Morgan fingerprint density at radius 2 is 1.34 bits per heavy atom. The van der Waals surface area contributed by atoms with E-state index in [4.69, 9.17) is 14.2 Å². The predicted octanol–water partition coefficient (Wildman–Crippen LogP) is 7.52. The van der Waals surface area contributed by atoms with Gasteiger partial charge in [0.1, 0.15) is 12.2 Å². The van der Waals surface area contributed by atoms with Crippen LogP contribution in [-0.2, 0) is 32.1 Å². The zero-order valence-corrected chi connectivity index (χ0v) is 33.3. The van der Waals surface area contributed by atoms with Crippen LogP contribution in [0.5, 0.6) is 0 Å². The molecule has 0 aromatic heterocycles. The molecule has 4 rings (SSSR count). The average molecular weight is 767 g/mol. The Morgan fingerprint density at radius 1 is 0.786 bits per heavy atom. The summed E-state index contributed by atoms with van der Waals surface area (Å²) in [5.41, 5.74) is 2.83. The van der Waals surface area contributed by atoms with E-state index in [0.29, 0.717) is 44.3 Å². The molecule has 0 unspecified atom stereocenters. The van der Waals surface area contributed by atoms with Gasteiger partial charge < -0.3 is 29.5 Å². The van der Waals surface area contributed by atoms with Crippen LogP contribution in [0.1, 0.15) is 126 Å². The van der Waals surface area contributed by atoms with Crippen LogP contribution in [0, 0.1) is 0 Å². The largest absolute Gasteiger partial charge is 0.462 e. The fraction of sp³-hybridized carbons (Fsp3) is 0.400. The molecule has 2 N–H and O–H groups in total. The Morgan fingerprint density at radius 3 is 1.91 bits per heavy atom. The predicted molar refractivity (Wildman–Crippen MR) is 213 cm³/mol. The molecule has 0 spiro atoms. The molecule has 1 aliphatic rings. The first-order valence-electron chi connectivity index (χ1n) is 19.3. The number of hydrogen-bond donors (Lipinski definition) is 2. The molecule has 56 heavy (non-hydrogen) atoms. The van der Waals surface area contributed by atoms with Gasteiger partial charge in [0.2, 0.25) is 5.91 Å². The second kappa shape index (κ2) is 19.9. The minimum Gasteiger partial charge on any atom is -0.462 e. The summed E-state index contributed by atoms with van der Waals surface area (Å²) in [5.74, 6) is -2.01. The van der Waals surface area contributed by atoms with Crippen molar-refractivity contribution in [3.63, 3.8) is 0 Å². The monoisotopic (exact) mass is 766 g/mol. The number of amides is 2. The molecule has 11 heteroatoms. The normalized spacial score (nSPS) is 13.3. The summed E-state index contributed by atoms with van der Waals surface area (Å²) in [6.07, 6.45) is 6.03. The van der Waals surface area contributed by atoms with Crippen LogP contribution in [-0.4, -0.2) is 70.7 Å². The maximum atomic E-state index is 13.1. The van der Waals surface area contributed by atoms with E-state index in [1.165, 1.54) is 36.4 Å². The molecule has 1 heterocycles. The number of nitrogens with zero attached hydrogens (tertiary/aromatic N) is 1. The Labute approximate surface area is 329 Å². The first-order valence-corrected chi connectivity index (χ1v) is 19.3. The summed E-state index contributed by atoms with van der Waals surface area (Å²) in [5, 5.41) is 13.3. The molecule has 298 valence electrons. The molecule has 2 amide bonds. The Hall–Kier alpha value is -5.55. The van der Waals surface area contributed by atoms with Gasteiger partial charge in [-0.15, -0.1) is 0 Å². The summed E-state index contributed by atoms with van der Waals surface area (Å²) in [7, 11) is 0. The van der Waals surface area contributed by atoms with E-state index in [9.17, 15) is 29.1 Å². The van der Waals surface area contributed by atoms with Crippen molar-refractivity contribution in [2.45, 2.75) is 97.9 Å². The van der Waals surface area contributed by atoms with Crippen LogP contribution >= 0.6 is 0 Å². The molecule has 0 saturated carbocycles. The quantitative estimate of drug-likeness (QED) is 0.0934. The van der Waals surface area contributed by atoms with Crippen molar-refractivity contribution in [1.29, 1.82) is 0 Å². The standard InChI is InChI=1S/C45H54N2O9/c1-7-13-38-29-47(40(49)31(38)6)28-33-15-12-14-32(26-33)27-46-39(48)34-16-18-35(19-17-34)41(50)54-25-24-45(10-4,11-5)56-43(52)37-22-20-36(21-23-37)42(51)55-30-44(53,8-2)9-3/h7,12-23,26,53H,8-11,24-25,27-30H2,1-6H3,(H,46,48). The highest BCUT2D eigenvalue weighted by atomic mass is 16.6. The highest BCUT2D eigenvalue weighted by Gasteiger charge is 2.32. The minimum atomic E-state index is -1.08. The highest BCUT2D eigenvalue weighted by molar-refractivity contribution is 5.97. The maximum absolute atomic E-state index is 13.1. The van der Waals surface area contributed by atoms with E-state index < -0.39 is 29.1 Å². The van der Waals surface area contributed by atoms with Crippen LogP contribution < -0.4 is 5.32 Å². The number of esters is 3. The number of carbonyl (C=O) groups excluding carboxylic acids is 5. The van der Waals surface area contributed by atoms with Crippen LogP contribution in [0.25, 0.3) is 0 Å². The lowest BCUT2D eigenvalue weighted by atomic mass is 9.93. The summed E-state index contributed by atoms with van der Waals surface area (Å²) in [6, 6.07) is 19.9. The number of rotatable bonds is 19. The van der Waals surface area contributed by atoms with Gasteiger partial charge in [-0.25, -0.2) is 14.4 Å². The third-order valence-electron chi connectivity index (χ3n) is 10.6. The van der Waals surface area contributed by atoms with E-state index in [2.05, 4.69) is 5.32 Å². The van der Waals surface area contributed by atoms with E-state index in [1.54, 1.807) is 12.1 Å². The molecule has 0 bridgehead atoms. The maximum Gasteiger partial charge on any atom is 0.338 e. The van der Waals surface area contributed by atoms with Crippen molar-refractivity contribution in [2.24, 2.45) is 0 Å². The van der Waals surface area contributed by atoms with E-state index in [1.807, 2.05) is 82.9 Å². The summed E-state index contributed by atoms with van der Waals surface area (Å²) < 4.78 is 16.8.